The maximum absolute atomic E-state index is 12.5. The average molecular weight is 376 g/mol. The fraction of sp³-hybridized carbons (Fsp3) is 0.136. The number of hydrogen-bond acceptors (Lipinski definition) is 5. The van der Waals surface area contributed by atoms with Crippen molar-refractivity contribution in [2.75, 3.05) is 6.61 Å². The number of carbonyl (C=O) groups is 3. The Kier molecular flexibility index (Phi) is 4.46. The molecule has 27 heavy (non-hydrogen) atoms. The molecule has 0 unspecified atom stereocenters. The number of esters is 1. The third-order valence-corrected chi connectivity index (χ3v) is 5.85. The number of benzene rings is 2. The molecule has 1 heterocycles. The van der Waals surface area contributed by atoms with Crippen molar-refractivity contribution in [1.82, 2.24) is 0 Å². The lowest BCUT2D eigenvalue weighted by Crippen LogP contribution is -2.13. The van der Waals surface area contributed by atoms with Crippen molar-refractivity contribution < 1.29 is 19.1 Å². The Bertz CT molecular complexity index is 1080. The Hall–Kier alpha value is -3.05. The Labute approximate surface area is 160 Å². The third-order valence-electron chi connectivity index (χ3n) is 4.58. The highest BCUT2D eigenvalue weighted by Crippen LogP contribution is 2.36. The fourth-order valence-electron chi connectivity index (χ4n) is 3.16. The number of ether oxygens (including phenoxy) is 1. The smallest absolute Gasteiger partial charge is 0.338 e. The van der Waals surface area contributed by atoms with Gasteiger partial charge in [0.05, 0.1) is 10.4 Å². The number of rotatable bonds is 5. The second-order valence-corrected chi connectivity index (χ2v) is 7.42. The van der Waals surface area contributed by atoms with Crippen LogP contribution in [0.4, 0.5) is 0 Å². The van der Waals surface area contributed by atoms with Gasteiger partial charge >= 0.3 is 5.97 Å². The zero-order valence-corrected chi connectivity index (χ0v) is 15.5. The largest absolute Gasteiger partial charge is 0.454 e. The van der Waals surface area contributed by atoms with Crippen LogP contribution in [0, 0.1) is 0 Å². The summed E-state index contributed by atoms with van der Waals surface area (Å²) in [7, 11) is 0. The number of thiophene rings is 1. The highest BCUT2D eigenvalue weighted by Gasteiger charge is 2.27. The van der Waals surface area contributed by atoms with E-state index in [9.17, 15) is 14.4 Å². The van der Waals surface area contributed by atoms with E-state index in [-0.39, 0.29) is 23.7 Å². The van der Waals surface area contributed by atoms with Crippen LogP contribution in [-0.4, -0.2) is 24.1 Å². The summed E-state index contributed by atoms with van der Waals surface area (Å²) in [4.78, 5) is 38.8. The summed E-state index contributed by atoms with van der Waals surface area (Å²) < 4.78 is 5.17. The zero-order valence-electron chi connectivity index (χ0n) is 14.7. The first kappa shape index (κ1) is 17.4. The third kappa shape index (κ3) is 3.11. The van der Waals surface area contributed by atoms with Gasteiger partial charge in [-0.05, 0) is 41.8 Å². The van der Waals surface area contributed by atoms with E-state index in [1.165, 1.54) is 11.3 Å². The lowest BCUT2D eigenvalue weighted by molar-refractivity contribution is 0.0476. The topological polar surface area (TPSA) is 60.4 Å². The molecule has 1 aliphatic rings. The SMILES string of the molecule is CCc1ccc(C(=O)COC(=O)c2ccc3c(c2)C(=O)c2ccccc2-3)s1. The Balaban J connectivity index is 1.49. The van der Waals surface area contributed by atoms with E-state index in [0.29, 0.717) is 16.0 Å². The summed E-state index contributed by atoms with van der Waals surface area (Å²) >= 11 is 1.41. The van der Waals surface area contributed by atoms with Gasteiger partial charge in [0.15, 0.2) is 12.4 Å². The first-order chi connectivity index (χ1) is 13.1. The predicted molar refractivity (Wildman–Crippen MR) is 104 cm³/mol. The van der Waals surface area contributed by atoms with Crippen LogP contribution in [0.15, 0.2) is 54.6 Å². The van der Waals surface area contributed by atoms with Gasteiger partial charge in [-0.1, -0.05) is 37.3 Å². The molecule has 4 rings (SSSR count). The van der Waals surface area contributed by atoms with E-state index in [1.807, 2.05) is 31.2 Å². The molecule has 0 spiro atoms. The van der Waals surface area contributed by atoms with Gasteiger partial charge in [0.25, 0.3) is 0 Å². The van der Waals surface area contributed by atoms with Gasteiger partial charge in [-0.15, -0.1) is 11.3 Å². The summed E-state index contributed by atoms with van der Waals surface area (Å²) in [5, 5.41) is 0. The number of aryl methyl sites for hydroxylation is 1. The Morgan fingerprint density at radius 2 is 1.67 bits per heavy atom. The van der Waals surface area contributed by atoms with Crippen molar-refractivity contribution in [2.24, 2.45) is 0 Å². The lowest BCUT2D eigenvalue weighted by atomic mass is 10.0. The van der Waals surface area contributed by atoms with Crippen molar-refractivity contribution in [3.05, 3.63) is 81.0 Å². The van der Waals surface area contributed by atoms with Gasteiger partial charge in [-0.3, -0.25) is 9.59 Å². The van der Waals surface area contributed by atoms with Crippen LogP contribution < -0.4 is 0 Å². The van der Waals surface area contributed by atoms with Gasteiger partial charge in [-0.25, -0.2) is 4.79 Å². The number of hydrogen-bond donors (Lipinski definition) is 0. The predicted octanol–water partition coefficient (Wildman–Crippen LogP) is 4.56. The monoisotopic (exact) mass is 376 g/mol. The lowest BCUT2D eigenvalue weighted by Gasteiger charge is -2.05. The molecule has 1 aliphatic carbocycles. The second-order valence-electron chi connectivity index (χ2n) is 6.25. The van der Waals surface area contributed by atoms with E-state index in [1.54, 1.807) is 30.3 Å². The van der Waals surface area contributed by atoms with E-state index in [2.05, 4.69) is 0 Å². The molecule has 0 amide bonds. The molecule has 134 valence electrons. The summed E-state index contributed by atoms with van der Waals surface area (Å²) in [5.41, 5.74) is 3.08. The first-order valence-corrected chi connectivity index (χ1v) is 9.47. The molecule has 5 heteroatoms. The zero-order chi connectivity index (χ0) is 19.0. The van der Waals surface area contributed by atoms with Crippen LogP contribution >= 0.6 is 11.3 Å². The van der Waals surface area contributed by atoms with Crippen molar-refractivity contribution in [3.8, 4) is 11.1 Å². The molecule has 3 aromatic rings. The molecule has 0 atom stereocenters. The van der Waals surface area contributed by atoms with Crippen molar-refractivity contribution >= 4 is 28.9 Å². The summed E-state index contributed by atoms with van der Waals surface area (Å²) in [6, 6.07) is 16.0. The molecule has 0 N–H and O–H groups in total. The van der Waals surface area contributed by atoms with Crippen LogP contribution in [0.3, 0.4) is 0 Å². The van der Waals surface area contributed by atoms with Crippen molar-refractivity contribution in [1.29, 1.82) is 0 Å². The summed E-state index contributed by atoms with van der Waals surface area (Å²) in [5.74, 6) is -0.933. The molecule has 0 bridgehead atoms. The van der Waals surface area contributed by atoms with Crippen LogP contribution in [-0.2, 0) is 11.2 Å². The minimum Gasteiger partial charge on any atom is -0.454 e. The maximum Gasteiger partial charge on any atom is 0.338 e. The minimum atomic E-state index is -0.609. The van der Waals surface area contributed by atoms with Crippen LogP contribution in [0.1, 0.15) is 47.8 Å². The first-order valence-electron chi connectivity index (χ1n) is 8.65. The molecular weight excluding hydrogens is 360 g/mol. The van der Waals surface area contributed by atoms with E-state index >= 15 is 0 Å². The van der Waals surface area contributed by atoms with Gasteiger partial charge in [-0.2, -0.15) is 0 Å². The standard InChI is InChI=1S/C22H16O4S/c1-2-14-8-10-20(27-14)19(23)12-26-22(25)13-7-9-16-15-5-3-4-6-17(15)21(24)18(16)11-13/h3-11H,2,12H2,1H3. The highest BCUT2D eigenvalue weighted by molar-refractivity contribution is 7.14. The second kappa shape index (κ2) is 6.93. The summed E-state index contributed by atoms with van der Waals surface area (Å²) in [6.07, 6.45) is 0.864. The highest BCUT2D eigenvalue weighted by atomic mass is 32.1. The van der Waals surface area contributed by atoms with Crippen LogP contribution in [0.2, 0.25) is 0 Å². The van der Waals surface area contributed by atoms with Gasteiger partial charge in [0.1, 0.15) is 0 Å². The average Bonchev–Trinajstić information content (AvgIpc) is 3.30. The molecule has 0 radical (unpaired) electrons. The summed E-state index contributed by atoms with van der Waals surface area (Å²) in [6.45, 7) is 1.71. The fourth-order valence-corrected chi connectivity index (χ4v) is 4.03. The van der Waals surface area contributed by atoms with Gasteiger partial charge in [0.2, 0.25) is 5.78 Å². The van der Waals surface area contributed by atoms with Crippen molar-refractivity contribution in [3.63, 3.8) is 0 Å². The number of fused-ring (bicyclic) bond motifs is 3. The number of Topliss-reactive ketones (excluding diaryl/α,β-unsaturated/α-hetero) is 1. The van der Waals surface area contributed by atoms with Gasteiger partial charge in [0, 0.05) is 16.0 Å². The molecular formula is C22H16O4S. The molecule has 1 aromatic heterocycles. The normalized spacial score (nSPS) is 11.8. The molecule has 0 aliphatic heterocycles. The Morgan fingerprint density at radius 3 is 2.41 bits per heavy atom. The molecule has 0 saturated carbocycles. The number of ketones is 2. The van der Waals surface area contributed by atoms with E-state index < -0.39 is 5.97 Å². The Morgan fingerprint density at radius 1 is 0.926 bits per heavy atom. The van der Waals surface area contributed by atoms with Crippen LogP contribution in [0.25, 0.3) is 11.1 Å². The maximum atomic E-state index is 12.5. The van der Waals surface area contributed by atoms with Crippen molar-refractivity contribution in [2.45, 2.75) is 13.3 Å². The number of carbonyl (C=O) groups excluding carboxylic acids is 3. The molecule has 2 aromatic carbocycles. The van der Waals surface area contributed by atoms with E-state index in [4.69, 9.17) is 4.74 Å². The molecule has 0 fully saturated rings. The minimum absolute atomic E-state index is 0.1000. The van der Waals surface area contributed by atoms with Crippen LogP contribution in [0.5, 0.6) is 0 Å². The molecule has 4 nitrogen and oxygen atoms in total. The van der Waals surface area contributed by atoms with E-state index in [0.717, 1.165) is 22.4 Å². The quantitative estimate of drug-likeness (QED) is 0.378. The van der Waals surface area contributed by atoms with Gasteiger partial charge < -0.3 is 4.74 Å². The molecule has 0 saturated heterocycles.